The average Bonchev–Trinajstić information content (AvgIpc) is 3.04. The van der Waals surface area contributed by atoms with Crippen LogP contribution in [-0.2, 0) is 21.9 Å². The van der Waals surface area contributed by atoms with Gasteiger partial charge in [0.15, 0.2) is 0 Å². The first-order valence-corrected chi connectivity index (χ1v) is 11.7. The Morgan fingerprint density at radius 1 is 1.12 bits per heavy atom. The van der Waals surface area contributed by atoms with Crippen molar-refractivity contribution in [3.8, 4) is 11.5 Å². The smallest absolute Gasteiger partial charge is 0.268 e. The van der Waals surface area contributed by atoms with Gasteiger partial charge in [-0.25, -0.2) is 8.42 Å². The summed E-state index contributed by atoms with van der Waals surface area (Å²) in [6.07, 6.45) is 0. The molecule has 33 heavy (non-hydrogen) atoms. The predicted molar refractivity (Wildman–Crippen MR) is 127 cm³/mol. The van der Waals surface area contributed by atoms with Crippen molar-refractivity contribution in [2.75, 3.05) is 30.4 Å². The maximum absolute atomic E-state index is 13.7. The number of nitrogens with zero attached hydrogens (tertiary/aromatic N) is 3. The summed E-state index contributed by atoms with van der Waals surface area (Å²) in [4.78, 5) is 13.0. The van der Waals surface area contributed by atoms with Crippen molar-refractivity contribution in [2.45, 2.75) is 18.7 Å². The van der Waals surface area contributed by atoms with Crippen molar-refractivity contribution in [3.63, 3.8) is 0 Å². The normalized spacial score (nSPS) is 11.2. The first-order chi connectivity index (χ1) is 15.6. The lowest BCUT2D eigenvalue weighted by molar-refractivity contribution is -0.114. The molecule has 176 valence electrons. The lowest BCUT2D eigenvalue weighted by atomic mass is 10.3. The molecule has 0 aliphatic heterocycles. The topological polar surface area (TPSA) is 103 Å². The Morgan fingerprint density at radius 3 is 2.30 bits per heavy atom. The number of aromatic nitrogens is 2. The van der Waals surface area contributed by atoms with Gasteiger partial charge >= 0.3 is 0 Å². The molecule has 1 amide bonds. The molecule has 0 spiro atoms. The molecule has 0 atom stereocenters. The van der Waals surface area contributed by atoms with Gasteiger partial charge < -0.3 is 14.8 Å². The highest BCUT2D eigenvalue weighted by atomic mass is 35.5. The van der Waals surface area contributed by atoms with Crippen LogP contribution in [0.15, 0.2) is 47.4 Å². The number of methoxy groups -OCH3 is 2. The van der Waals surface area contributed by atoms with E-state index in [1.165, 1.54) is 25.0 Å². The largest absolute Gasteiger partial charge is 0.497 e. The van der Waals surface area contributed by atoms with Crippen molar-refractivity contribution in [2.24, 2.45) is 7.05 Å². The number of nitrogens with one attached hydrogen (secondary N) is 1. The number of amides is 1. The number of rotatable bonds is 8. The van der Waals surface area contributed by atoms with E-state index < -0.39 is 22.5 Å². The number of aryl methyl sites for hydroxylation is 2. The summed E-state index contributed by atoms with van der Waals surface area (Å²) >= 11 is 6.13. The first kappa shape index (κ1) is 24.4. The Kier molecular flexibility index (Phi) is 7.19. The number of carbonyl (C=O) groups excluding carboxylic acids is 1. The van der Waals surface area contributed by atoms with Gasteiger partial charge in [-0.05, 0) is 56.3 Å². The second-order valence-corrected chi connectivity index (χ2v) is 9.44. The van der Waals surface area contributed by atoms with E-state index in [4.69, 9.17) is 21.1 Å². The zero-order chi connectivity index (χ0) is 24.3. The van der Waals surface area contributed by atoms with Crippen molar-refractivity contribution < 1.29 is 22.7 Å². The van der Waals surface area contributed by atoms with Crippen molar-refractivity contribution in [1.29, 1.82) is 0 Å². The van der Waals surface area contributed by atoms with E-state index in [9.17, 15) is 13.2 Å². The molecule has 0 fully saturated rings. The van der Waals surface area contributed by atoms with Crippen LogP contribution in [0.1, 0.15) is 11.4 Å². The number of benzene rings is 2. The summed E-state index contributed by atoms with van der Waals surface area (Å²) in [5, 5.41) is 7.22. The Balaban J connectivity index is 1.98. The lowest BCUT2D eigenvalue weighted by Crippen LogP contribution is -2.38. The third kappa shape index (κ3) is 5.07. The number of hydrogen-bond acceptors (Lipinski definition) is 6. The van der Waals surface area contributed by atoms with Gasteiger partial charge in [-0.15, -0.1) is 0 Å². The lowest BCUT2D eigenvalue weighted by Gasteiger charge is -2.24. The molecule has 3 rings (SSSR count). The van der Waals surface area contributed by atoms with Crippen LogP contribution in [0.4, 0.5) is 11.4 Å². The Hall–Kier alpha value is -3.24. The summed E-state index contributed by atoms with van der Waals surface area (Å²) in [6, 6.07) is 11.2. The number of ether oxygens (including phenoxy) is 2. The molecule has 0 bridgehead atoms. The molecule has 0 saturated carbocycles. The van der Waals surface area contributed by atoms with Crippen molar-refractivity contribution in [1.82, 2.24) is 9.78 Å². The molecule has 0 unspecified atom stereocenters. The third-order valence-corrected chi connectivity index (χ3v) is 7.40. The second-order valence-electron chi connectivity index (χ2n) is 7.23. The summed E-state index contributed by atoms with van der Waals surface area (Å²) in [6.45, 7) is 2.82. The molecule has 1 aromatic heterocycles. The van der Waals surface area contributed by atoms with E-state index in [0.717, 1.165) is 4.31 Å². The standard InChI is InChI=1S/C22H25ClN4O5S/c1-14-22(15(2)26(3)25-14)33(29,30)27(17-7-9-18(31-4)10-8-17)13-21(28)24-16-6-11-20(32-5)19(23)12-16/h6-12H,13H2,1-5H3,(H,24,28). The highest BCUT2D eigenvalue weighted by molar-refractivity contribution is 7.93. The monoisotopic (exact) mass is 492 g/mol. The SMILES string of the molecule is COc1ccc(N(CC(=O)Nc2ccc(OC)c(Cl)c2)S(=O)(=O)c2c(C)nn(C)c2C)cc1. The summed E-state index contributed by atoms with van der Waals surface area (Å²) < 4.78 is 40.2. The van der Waals surface area contributed by atoms with E-state index in [1.54, 1.807) is 57.3 Å². The molecule has 0 aliphatic carbocycles. The van der Waals surface area contributed by atoms with Gasteiger partial charge in [-0.2, -0.15) is 5.10 Å². The van der Waals surface area contributed by atoms with Gasteiger partial charge in [0, 0.05) is 12.7 Å². The van der Waals surface area contributed by atoms with Crippen LogP contribution in [0.5, 0.6) is 11.5 Å². The summed E-state index contributed by atoms with van der Waals surface area (Å²) in [5.41, 5.74) is 1.53. The van der Waals surface area contributed by atoms with Crippen molar-refractivity contribution >= 4 is 38.9 Å². The maximum atomic E-state index is 13.7. The van der Waals surface area contributed by atoms with Crippen LogP contribution in [0, 0.1) is 13.8 Å². The molecule has 1 N–H and O–H groups in total. The van der Waals surface area contributed by atoms with Gasteiger partial charge in [0.05, 0.1) is 36.3 Å². The van der Waals surface area contributed by atoms with Crippen LogP contribution < -0.4 is 19.1 Å². The van der Waals surface area contributed by atoms with E-state index in [1.807, 2.05) is 0 Å². The molecular weight excluding hydrogens is 468 g/mol. The van der Waals surface area contributed by atoms with E-state index in [0.29, 0.717) is 39.3 Å². The summed E-state index contributed by atoms with van der Waals surface area (Å²) in [5.74, 6) is 0.469. The molecule has 1 heterocycles. The second kappa shape index (κ2) is 9.72. The van der Waals surface area contributed by atoms with E-state index >= 15 is 0 Å². The first-order valence-electron chi connectivity index (χ1n) is 9.89. The molecule has 11 heteroatoms. The Labute approximate surface area is 197 Å². The average molecular weight is 493 g/mol. The fourth-order valence-corrected chi connectivity index (χ4v) is 5.46. The van der Waals surface area contributed by atoms with Crippen LogP contribution in [0.3, 0.4) is 0 Å². The molecule has 9 nitrogen and oxygen atoms in total. The number of hydrogen-bond donors (Lipinski definition) is 1. The maximum Gasteiger partial charge on any atom is 0.268 e. The van der Waals surface area contributed by atoms with Gasteiger partial charge in [-0.1, -0.05) is 11.6 Å². The quantitative estimate of drug-likeness (QED) is 0.516. The molecule has 0 saturated heterocycles. The fraction of sp³-hybridized carbons (Fsp3) is 0.273. The van der Waals surface area contributed by atoms with Crippen molar-refractivity contribution in [3.05, 3.63) is 58.9 Å². The third-order valence-electron chi connectivity index (χ3n) is 5.07. The zero-order valence-electron chi connectivity index (χ0n) is 18.9. The minimum atomic E-state index is -4.12. The van der Waals surface area contributed by atoms with Gasteiger partial charge in [0.1, 0.15) is 22.9 Å². The molecule has 3 aromatic rings. The minimum absolute atomic E-state index is 0.0566. The summed E-state index contributed by atoms with van der Waals surface area (Å²) in [7, 11) is 0.547. The zero-order valence-corrected chi connectivity index (χ0v) is 20.5. The highest BCUT2D eigenvalue weighted by Crippen LogP contribution is 2.30. The van der Waals surface area contributed by atoms with Crippen LogP contribution in [0.25, 0.3) is 0 Å². The molecule has 0 radical (unpaired) electrons. The Bertz CT molecular complexity index is 1270. The number of halogens is 1. The van der Waals surface area contributed by atoms with Crippen LogP contribution >= 0.6 is 11.6 Å². The highest BCUT2D eigenvalue weighted by Gasteiger charge is 2.32. The van der Waals surface area contributed by atoms with Gasteiger partial charge in [-0.3, -0.25) is 13.8 Å². The molecular formula is C22H25ClN4O5S. The van der Waals surface area contributed by atoms with Gasteiger partial charge in [0.25, 0.3) is 10.0 Å². The predicted octanol–water partition coefficient (Wildman–Crippen LogP) is 3.54. The Morgan fingerprint density at radius 2 is 1.79 bits per heavy atom. The van der Waals surface area contributed by atoms with Crippen LogP contribution in [0.2, 0.25) is 5.02 Å². The number of anilines is 2. The van der Waals surface area contributed by atoms with Gasteiger partial charge in [0.2, 0.25) is 5.91 Å². The number of carbonyl (C=O) groups is 1. The van der Waals surface area contributed by atoms with E-state index in [2.05, 4.69) is 10.4 Å². The fourth-order valence-electron chi connectivity index (χ4n) is 3.38. The molecule has 0 aliphatic rings. The molecule has 2 aromatic carbocycles. The van der Waals surface area contributed by atoms with Crippen LogP contribution in [-0.4, -0.2) is 44.9 Å². The van der Waals surface area contributed by atoms with E-state index in [-0.39, 0.29) is 4.90 Å². The minimum Gasteiger partial charge on any atom is -0.497 e. The number of sulfonamides is 1.